The van der Waals surface area contributed by atoms with E-state index in [2.05, 4.69) is 9.71 Å². The van der Waals surface area contributed by atoms with Crippen molar-refractivity contribution in [1.82, 2.24) is 9.71 Å². The number of halogens is 1. The third kappa shape index (κ3) is 3.94. The van der Waals surface area contributed by atoms with Crippen molar-refractivity contribution in [1.29, 1.82) is 0 Å². The lowest BCUT2D eigenvalue weighted by atomic mass is 10.3. The molecule has 1 heterocycles. The van der Waals surface area contributed by atoms with E-state index in [1.54, 1.807) is 30.5 Å². The molecule has 1 aliphatic carbocycles. The quantitative estimate of drug-likeness (QED) is 0.875. The summed E-state index contributed by atoms with van der Waals surface area (Å²) >= 11 is 7.09. The standard InChI is InChI=1S/C13H13ClN2O3S2/c14-13-15-7-11(20-13)8-19-10-3-5-12(6-4-10)21(17,18)16-9-1-2-9/h3-7,9,16H,1-2,8H2. The van der Waals surface area contributed by atoms with Crippen molar-refractivity contribution in [3.8, 4) is 5.75 Å². The van der Waals surface area contributed by atoms with Crippen LogP contribution in [0.15, 0.2) is 35.4 Å². The summed E-state index contributed by atoms with van der Waals surface area (Å²) in [7, 11) is -3.41. The molecule has 0 saturated heterocycles. The van der Waals surface area contributed by atoms with Crippen LogP contribution < -0.4 is 9.46 Å². The Bertz CT molecular complexity index is 724. The molecule has 112 valence electrons. The molecule has 2 aromatic rings. The van der Waals surface area contributed by atoms with E-state index in [1.165, 1.54) is 11.3 Å². The first-order valence-electron chi connectivity index (χ1n) is 6.38. The molecule has 8 heteroatoms. The van der Waals surface area contributed by atoms with Crippen molar-refractivity contribution in [2.75, 3.05) is 0 Å². The summed E-state index contributed by atoms with van der Waals surface area (Å²) in [6.45, 7) is 0.358. The fourth-order valence-corrected chi connectivity index (χ4v) is 3.90. The molecular weight excluding hydrogens is 332 g/mol. The Morgan fingerprint density at radius 3 is 2.62 bits per heavy atom. The number of rotatable bonds is 6. The van der Waals surface area contributed by atoms with Gasteiger partial charge in [0.05, 0.1) is 9.77 Å². The molecule has 0 atom stereocenters. The van der Waals surface area contributed by atoms with Gasteiger partial charge in [-0.1, -0.05) is 11.6 Å². The van der Waals surface area contributed by atoms with Crippen molar-refractivity contribution < 1.29 is 13.2 Å². The van der Waals surface area contributed by atoms with Gasteiger partial charge in [0.25, 0.3) is 0 Å². The second kappa shape index (κ2) is 5.92. The fourth-order valence-electron chi connectivity index (χ4n) is 1.71. The number of nitrogens with zero attached hydrogens (tertiary/aromatic N) is 1. The summed E-state index contributed by atoms with van der Waals surface area (Å²) in [5.74, 6) is 0.602. The van der Waals surface area contributed by atoms with Crippen LogP contribution in [0, 0.1) is 0 Å². The van der Waals surface area contributed by atoms with Crippen LogP contribution in [0.3, 0.4) is 0 Å². The van der Waals surface area contributed by atoms with E-state index in [0.29, 0.717) is 16.8 Å². The topological polar surface area (TPSA) is 68.3 Å². The van der Waals surface area contributed by atoms with Crippen molar-refractivity contribution in [2.45, 2.75) is 30.4 Å². The molecule has 1 N–H and O–H groups in total. The maximum atomic E-state index is 12.0. The Balaban J connectivity index is 1.63. The van der Waals surface area contributed by atoms with Gasteiger partial charge in [0, 0.05) is 12.2 Å². The highest BCUT2D eigenvalue weighted by molar-refractivity contribution is 7.89. The molecule has 0 unspecified atom stereocenters. The first kappa shape index (κ1) is 14.8. The third-order valence-electron chi connectivity index (χ3n) is 2.94. The molecule has 0 radical (unpaired) electrons. The number of nitrogens with one attached hydrogen (secondary N) is 1. The van der Waals surface area contributed by atoms with E-state index in [9.17, 15) is 8.42 Å². The number of benzene rings is 1. The van der Waals surface area contributed by atoms with E-state index >= 15 is 0 Å². The minimum Gasteiger partial charge on any atom is -0.488 e. The van der Waals surface area contributed by atoms with Crippen LogP contribution in [0.2, 0.25) is 4.47 Å². The van der Waals surface area contributed by atoms with Crippen LogP contribution in [0.5, 0.6) is 5.75 Å². The smallest absolute Gasteiger partial charge is 0.240 e. The summed E-state index contributed by atoms with van der Waals surface area (Å²) in [6, 6.07) is 6.47. The summed E-state index contributed by atoms with van der Waals surface area (Å²) in [6.07, 6.45) is 3.49. The number of hydrogen-bond acceptors (Lipinski definition) is 5. The highest BCUT2D eigenvalue weighted by Gasteiger charge is 2.27. The van der Waals surface area contributed by atoms with Gasteiger partial charge < -0.3 is 4.74 Å². The molecule has 1 aliphatic rings. The van der Waals surface area contributed by atoms with Crippen LogP contribution in [0.25, 0.3) is 0 Å². The van der Waals surface area contributed by atoms with Crippen molar-refractivity contribution in [2.24, 2.45) is 0 Å². The third-order valence-corrected chi connectivity index (χ3v) is 5.56. The summed E-state index contributed by atoms with van der Waals surface area (Å²) in [4.78, 5) is 5.09. The van der Waals surface area contributed by atoms with E-state index < -0.39 is 10.0 Å². The Morgan fingerprint density at radius 2 is 2.05 bits per heavy atom. The summed E-state index contributed by atoms with van der Waals surface area (Å²) in [5, 5.41) is 0. The number of hydrogen-bond donors (Lipinski definition) is 1. The lowest BCUT2D eigenvalue weighted by molar-refractivity contribution is 0.309. The second-order valence-electron chi connectivity index (χ2n) is 4.74. The Hall–Kier alpha value is -1.15. The van der Waals surface area contributed by atoms with E-state index in [0.717, 1.165) is 17.7 Å². The number of aromatic nitrogens is 1. The molecule has 0 spiro atoms. The lowest BCUT2D eigenvalue weighted by Gasteiger charge is -2.07. The predicted molar refractivity (Wildman–Crippen MR) is 81.2 cm³/mol. The summed E-state index contributed by atoms with van der Waals surface area (Å²) < 4.78 is 32.7. The predicted octanol–water partition coefficient (Wildman–Crippen LogP) is 2.82. The molecule has 1 fully saturated rings. The van der Waals surface area contributed by atoms with Gasteiger partial charge in [0.15, 0.2) is 4.47 Å². The van der Waals surface area contributed by atoms with Gasteiger partial charge in [-0.2, -0.15) is 0 Å². The second-order valence-corrected chi connectivity index (χ2v) is 8.15. The van der Waals surface area contributed by atoms with Crippen LogP contribution in [-0.4, -0.2) is 19.4 Å². The van der Waals surface area contributed by atoms with Gasteiger partial charge in [-0.05, 0) is 37.1 Å². The zero-order valence-corrected chi connectivity index (χ0v) is 13.3. The maximum absolute atomic E-state index is 12.0. The Labute approximate surface area is 132 Å². The first-order valence-corrected chi connectivity index (χ1v) is 9.06. The van der Waals surface area contributed by atoms with Gasteiger partial charge in [-0.25, -0.2) is 18.1 Å². The van der Waals surface area contributed by atoms with Gasteiger partial charge in [0.1, 0.15) is 12.4 Å². The van der Waals surface area contributed by atoms with Gasteiger partial charge in [-0.3, -0.25) is 0 Å². The van der Waals surface area contributed by atoms with Crippen LogP contribution in [-0.2, 0) is 16.6 Å². The zero-order valence-electron chi connectivity index (χ0n) is 11.0. The Kier molecular flexibility index (Phi) is 4.17. The average Bonchev–Trinajstić information content (AvgIpc) is 3.16. The van der Waals surface area contributed by atoms with Gasteiger partial charge >= 0.3 is 0 Å². The zero-order chi connectivity index (χ0) is 14.9. The number of thiazole rings is 1. The molecular formula is C13H13ClN2O3S2. The van der Waals surface area contributed by atoms with E-state index in [4.69, 9.17) is 16.3 Å². The SMILES string of the molecule is O=S(=O)(NC1CC1)c1ccc(OCc2cnc(Cl)s2)cc1. The lowest BCUT2D eigenvalue weighted by Crippen LogP contribution is -2.25. The molecule has 1 aromatic carbocycles. The highest BCUT2D eigenvalue weighted by atomic mass is 35.5. The van der Waals surface area contributed by atoms with Crippen molar-refractivity contribution >= 4 is 33.0 Å². The molecule has 3 rings (SSSR count). The van der Waals surface area contributed by atoms with Crippen LogP contribution in [0.1, 0.15) is 17.7 Å². The van der Waals surface area contributed by atoms with Crippen LogP contribution in [0.4, 0.5) is 0 Å². The minimum absolute atomic E-state index is 0.0991. The molecule has 5 nitrogen and oxygen atoms in total. The van der Waals surface area contributed by atoms with Crippen LogP contribution >= 0.6 is 22.9 Å². The first-order chi connectivity index (χ1) is 10.0. The average molecular weight is 345 g/mol. The van der Waals surface area contributed by atoms with Crippen molar-refractivity contribution in [3.63, 3.8) is 0 Å². The van der Waals surface area contributed by atoms with E-state index in [1.807, 2.05) is 0 Å². The van der Waals surface area contributed by atoms with Gasteiger partial charge in [0.2, 0.25) is 10.0 Å². The largest absolute Gasteiger partial charge is 0.488 e. The summed E-state index contributed by atoms with van der Waals surface area (Å²) in [5.41, 5.74) is 0. The molecule has 1 saturated carbocycles. The maximum Gasteiger partial charge on any atom is 0.240 e. The molecule has 21 heavy (non-hydrogen) atoms. The molecule has 0 aliphatic heterocycles. The molecule has 0 bridgehead atoms. The van der Waals surface area contributed by atoms with Gasteiger partial charge in [-0.15, -0.1) is 11.3 Å². The van der Waals surface area contributed by atoms with E-state index in [-0.39, 0.29) is 10.9 Å². The number of sulfonamides is 1. The monoisotopic (exact) mass is 344 g/mol. The molecule has 1 aromatic heterocycles. The minimum atomic E-state index is -3.41. The normalized spacial score (nSPS) is 15.1. The molecule has 0 amide bonds. The highest BCUT2D eigenvalue weighted by Crippen LogP contribution is 2.24. The Morgan fingerprint density at radius 1 is 1.33 bits per heavy atom. The number of ether oxygens (including phenoxy) is 1. The fraction of sp³-hybridized carbons (Fsp3) is 0.308. The van der Waals surface area contributed by atoms with Crippen molar-refractivity contribution in [3.05, 3.63) is 39.8 Å².